The van der Waals surface area contributed by atoms with Crippen molar-refractivity contribution in [3.05, 3.63) is 29.3 Å². The molecule has 1 aliphatic rings. The summed E-state index contributed by atoms with van der Waals surface area (Å²) >= 11 is 5.79. The maximum absolute atomic E-state index is 12.7. The lowest BCUT2D eigenvalue weighted by atomic mass is 10.0. The molecule has 2 rings (SSSR count). The van der Waals surface area contributed by atoms with E-state index in [1.165, 1.54) is 24.3 Å². The van der Waals surface area contributed by atoms with Gasteiger partial charge in [0.15, 0.2) is 0 Å². The Bertz CT molecular complexity index is 638. The highest BCUT2D eigenvalue weighted by Crippen LogP contribution is 2.18. The molecule has 0 unspecified atom stereocenters. The molecule has 0 bridgehead atoms. The van der Waals surface area contributed by atoms with E-state index in [0.717, 1.165) is 19.3 Å². The van der Waals surface area contributed by atoms with Crippen molar-refractivity contribution in [3.8, 4) is 0 Å². The first-order valence-electron chi connectivity index (χ1n) is 7.88. The Labute approximate surface area is 143 Å². The Kier molecular flexibility index (Phi) is 6.06. The molecule has 1 aromatic carbocycles. The van der Waals surface area contributed by atoms with Gasteiger partial charge >= 0.3 is 0 Å². The Morgan fingerprint density at radius 2 is 1.70 bits per heavy atom. The normalized spacial score (nSPS) is 17.3. The molecule has 1 heterocycles. The van der Waals surface area contributed by atoms with Gasteiger partial charge in [-0.25, -0.2) is 8.42 Å². The van der Waals surface area contributed by atoms with Gasteiger partial charge < -0.3 is 4.90 Å². The Morgan fingerprint density at radius 3 is 2.22 bits per heavy atom. The highest BCUT2D eigenvalue weighted by atomic mass is 35.5. The molecule has 128 valence electrons. The van der Waals surface area contributed by atoms with Crippen LogP contribution in [0.3, 0.4) is 0 Å². The fourth-order valence-corrected chi connectivity index (χ4v) is 4.10. The smallest absolute Gasteiger partial charge is 0.241 e. The van der Waals surface area contributed by atoms with Crippen LogP contribution >= 0.6 is 11.6 Å². The number of piperidine rings is 1. The van der Waals surface area contributed by atoms with Gasteiger partial charge in [0, 0.05) is 18.1 Å². The number of rotatable bonds is 5. The Hall–Kier alpha value is -1.11. The number of likely N-dealkylation sites (tertiary alicyclic amines) is 1. The van der Waals surface area contributed by atoms with Crippen LogP contribution in [0.1, 0.15) is 33.1 Å². The Balaban J connectivity index is 2.17. The largest absolute Gasteiger partial charge is 0.341 e. The summed E-state index contributed by atoms with van der Waals surface area (Å²) in [4.78, 5) is 14.6. The van der Waals surface area contributed by atoms with Crippen molar-refractivity contribution in [3.63, 3.8) is 0 Å². The first kappa shape index (κ1) is 18.2. The van der Waals surface area contributed by atoms with Crippen LogP contribution in [-0.4, -0.2) is 38.4 Å². The van der Waals surface area contributed by atoms with Gasteiger partial charge in [-0.2, -0.15) is 4.72 Å². The number of halogens is 1. The zero-order valence-corrected chi connectivity index (χ0v) is 15.0. The van der Waals surface area contributed by atoms with Crippen LogP contribution in [0.2, 0.25) is 5.02 Å². The van der Waals surface area contributed by atoms with E-state index >= 15 is 0 Å². The number of nitrogens with zero attached hydrogens (tertiary/aromatic N) is 1. The van der Waals surface area contributed by atoms with Crippen molar-refractivity contribution in [2.24, 2.45) is 5.92 Å². The van der Waals surface area contributed by atoms with E-state index < -0.39 is 16.1 Å². The van der Waals surface area contributed by atoms with Crippen LogP contribution < -0.4 is 4.72 Å². The van der Waals surface area contributed by atoms with Crippen molar-refractivity contribution in [2.45, 2.75) is 44.0 Å². The van der Waals surface area contributed by atoms with Gasteiger partial charge in [-0.15, -0.1) is 0 Å². The molecular formula is C16H23ClN2O3S. The van der Waals surface area contributed by atoms with E-state index in [4.69, 9.17) is 11.6 Å². The highest BCUT2D eigenvalue weighted by Gasteiger charge is 2.32. The summed E-state index contributed by atoms with van der Waals surface area (Å²) in [6, 6.07) is 5.16. The number of carbonyl (C=O) groups is 1. The lowest BCUT2D eigenvalue weighted by molar-refractivity contribution is -0.134. The molecular weight excluding hydrogens is 336 g/mol. The molecule has 1 N–H and O–H groups in total. The summed E-state index contributed by atoms with van der Waals surface area (Å²) in [5.74, 6) is -0.274. The summed E-state index contributed by atoms with van der Waals surface area (Å²) in [5, 5.41) is 0.466. The maximum atomic E-state index is 12.7. The predicted molar refractivity (Wildman–Crippen MR) is 90.8 cm³/mol. The second-order valence-electron chi connectivity index (χ2n) is 6.18. The van der Waals surface area contributed by atoms with E-state index in [2.05, 4.69) is 4.72 Å². The first-order chi connectivity index (χ1) is 10.8. The summed E-state index contributed by atoms with van der Waals surface area (Å²) in [7, 11) is -3.76. The summed E-state index contributed by atoms with van der Waals surface area (Å²) in [5.41, 5.74) is 0. The fourth-order valence-electron chi connectivity index (χ4n) is 2.63. The second kappa shape index (κ2) is 7.64. The van der Waals surface area contributed by atoms with Gasteiger partial charge in [0.25, 0.3) is 0 Å². The SMILES string of the molecule is CC(C)[C@H](NS(=O)(=O)c1ccc(Cl)cc1)C(=O)N1CCCCC1. The summed E-state index contributed by atoms with van der Waals surface area (Å²) < 4.78 is 27.6. The third-order valence-electron chi connectivity index (χ3n) is 4.01. The van der Waals surface area contributed by atoms with Gasteiger partial charge in [0.1, 0.15) is 6.04 Å². The van der Waals surface area contributed by atoms with Gasteiger partial charge in [0.2, 0.25) is 15.9 Å². The number of sulfonamides is 1. The van der Waals surface area contributed by atoms with E-state index in [9.17, 15) is 13.2 Å². The zero-order chi connectivity index (χ0) is 17.0. The van der Waals surface area contributed by atoms with Crippen LogP contribution in [0.5, 0.6) is 0 Å². The standard InChI is InChI=1S/C16H23ClN2O3S/c1-12(2)15(16(20)19-10-4-3-5-11-19)18-23(21,22)14-8-6-13(17)7-9-14/h6-9,12,15,18H,3-5,10-11H2,1-2H3/t15-/m0/s1. The van der Waals surface area contributed by atoms with Crippen molar-refractivity contribution >= 4 is 27.5 Å². The van der Waals surface area contributed by atoms with Gasteiger partial charge in [-0.3, -0.25) is 4.79 Å². The lowest BCUT2D eigenvalue weighted by Gasteiger charge is -2.32. The van der Waals surface area contributed by atoms with Gasteiger partial charge in [-0.05, 0) is 49.4 Å². The molecule has 0 aromatic heterocycles. The molecule has 1 amide bonds. The molecule has 0 aliphatic carbocycles. The zero-order valence-electron chi connectivity index (χ0n) is 13.5. The summed E-state index contributed by atoms with van der Waals surface area (Å²) in [6.45, 7) is 5.09. The van der Waals surface area contributed by atoms with Crippen molar-refractivity contribution < 1.29 is 13.2 Å². The van der Waals surface area contributed by atoms with Gasteiger partial charge in [0.05, 0.1) is 4.90 Å². The molecule has 0 spiro atoms. The average molecular weight is 359 g/mol. The number of carbonyl (C=O) groups excluding carboxylic acids is 1. The average Bonchev–Trinajstić information content (AvgIpc) is 2.53. The maximum Gasteiger partial charge on any atom is 0.241 e. The van der Waals surface area contributed by atoms with Crippen molar-refractivity contribution in [2.75, 3.05) is 13.1 Å². The minimum atomic E-state index is -3.76. The predicted octanol–water partition coefficient (Wildman–Crippen LogP) is 2.66. The van der Waals surface area contributed by atoms with Crippen molar-refractivity contribution in [1.29, 1.82) is 0 Å². The number of amides is 1. The van der Waals surface area contributed by atoms with E-state index in [1.54, 1.807) is 4.90 Å². The van der Waals surface area contributed by atoms with Crippen LogP contribution in [0.25, 0.3) is 0 Å². The van der Waals surface area contributed by atoms with E-state index in [0.29, 0.717) is 18.1 Å². The molecule has 7 heteroatoms. The molecule has 1 aromatic rings. The second-order valence-corrected chi connectivity index (χ2v) is 8.33. The monoisotopic (exact) mass is 358 g/mol. The quantitative estimate of drug-likeness (QED) is 0.879. The minimum absolute atomic E-state index is 0.110. The van der Waals surface area contributed by atoms with E-state index in [1.807, 2.05) is 13.8 Å². The van der Waals surface area contributed by atoms with Crippen LogP contribution in [-0.2, 0) is 14.8 Å². The molecule has 1 atom stereocenters. The molecule has 0 radical (unpaired) electrons. The number of hydrogen-bond donors (Lipinski definition) is 1. The molecule has 0 saturated carbocycles. The molecule has 23 heavy (non-hydrogen) atoms. The number of benzene rings is 1. The molecule has 5 nitrogen and oxygen atoms in total. The number of hydrogen-bond acceptors (Lipinski definition) is 3. The minimum Gasteiger partial charge on any atom is -0.341 e. The first-order valence-corrected chi connectivity index (χ1v) is 9.74. The van der Waals surface area contributed by atoms with Crippen LogP contribution in [0.15, 0.2) is 29.2 Å². The molecule has 1 aliphatic heterocycles. The fraction of sp³-hybridized carbons (Fsp3) is 0.562. The van der Waals surface area contributed by atoms with Crippen molar-refractivity contribution in [1.82, 2.24) is 9.62 Å². The summed E-state index contributed by atoms with van der Waals surface area (Å²) in [6.07, 6.45) is 3.06. The molecule has 1 fully saturated rings. The topological polar surface area (TPSA) is 66.5 Å². The van der Waals surface area contributed by atoms with Crippen LogP contribution in [0, 0.1) is 5.92 Å². The van der Waals surface area contributed by atoms with E-state index in [-0.39, 0.29) is 16.7 Å². The third-order valence-corrected chi connectivity index (χ3v) is 5.72. The third kappa shape index (κ3) is 4.68. The Morgan fingerprint density at radius 1 is 1.13 bits per heavy atom. The lowest BCUT2D eigenvalue weighted by Crippen LogP contribution is -2.52. The molecule has 1 saturated heterocycles. The van der Waals surface area contributed by atoms with Gasteiger partial charge in [-0.1, -0.05) is 25.4 Å². The number of nitrogens with one attached hydrogen (secondary N) is 1. The highest BCUT2D eigenvalue weighted by molar-refractivity contribution is 7.89. The van der Waals surface area contributed by atoms with Crippen LogP contribution in [0.4, 0.5) is 0 Å².